The molecule has 2 rings (SSSR count). The van der Waals surface area contributed by atoms with Gasteiger partial charge in [-0.05, 0) is 18.2 Å². The zero-order chi connectivity index (χ0) is 13.8. The number of hydrogen-bond acceptors (Lipinski definition) is 5. The van der Waals surface area contributed by atoms with Gasteiger partial charge in [0.1, 0.15) is 0 Å². The summed E-state index contributed by atoms with van der Waals surface area (Å²) in [5.41, 5.74) is 0.173. The van der Waals surface area contributed by atoms with Crippen LogP contribution in [0.2, 0.25) is 5.02 Å². The maximum atomic E-state index is 13.5. The molecule has 0 radical (unpaired) electrons. The molecule has 0 N–H and O–H groups in total. The maximum absolute atomic E-state index is 13.5. The standard InChI is InChI=1S/C12H8ClFN2O3/c1-18-11(17)7-5-15-12(16-6-7)19-10-3-2-8(13)4-9(10)14/h2-6H,1H3. The van der Waals surface area contributed by atoms with E-state index < -0.39 is 11.8 Å². The fourth-order valence-electron chi connectivity index (χ4n) is 1.25. The van der Waals surface area contributed by atoms with E-state index >= 15 is 0 Å². The highest BCUT2D eigenvalue weighted by Crippen LogP contribution is 2.24. The largest absolute Gasteiger partial charge is 0.465 e. The van der Waals surface area contributed by atoms with E-state index in [2.05, 4.69) is 14.7 Å². The number of benzene rings is 1. The van der Waals surface area contributed by atoms with Crippen LogP contribution in [0.5, 0.6) is 11.8 Å². The molecule has 1 heterocycles. The highest BCUT2D eigenvalue weighted by atomic mass is 35.5. The highest BCUT2D eigenvalue weighted by molar-refractivity contribution is 6.30. The van der Waals surface area contributed by atoms with Gasteiger partial charge in [0.15, 0.2) is 11.6 Å². The first-order valence-electron chi connectivity index (χ1n) is 5.13. The van der Waals surface area contributed by atoms with E-state index in [1.807, 2.05) is 0 Å². The van der Waals surface area contributed by atoms with Gasteiger partial charge in [-0.2, -0.15) is 0 Å². The van der Waals surface area contributed by atoms with E-state index in [4.69, 9.17) is 16.3 Å². The smallest absolute Gasteiger partial charge is 0.341 e. The zero-order valence-electron chi connectivity index (χ0n) is 9.76. The summed E-state index contributed by atoms with van der Waals surface area (Å²) in [7, 11) is 1.25. The van der Waals surface area contributed by atoms with Crippen LogP contribution in [0.1, 0.15) is 10.4 Å². The van der Waals surface area contributed by atoms with E-state index in [9.17, 15) is 9.18 Å². The number of esters is 1. The minimum absolute atomic E-state index is 0.0600. The summed E-state index contributed by atoms with van der Waals surface area (Å²) in [6.45, 7) is 0. The Labute approximate surface area is 113 Å². The van der Waals surface area contributed by atoms with Gasteiger partial charge >= 0.3 is 12.0 Å². The highest BCUT2D eigenvalue weighted by Gasteiger charge is 2.10. The van der Waals surface area contributed by atoms with E-state index in [1.165, 1.54) is 31.6 Å². The van der Waals surface area contributed by atoms with Crippen molar-refractivity contribution in [2.75, 3.05) is 7.11 Å². The van der Waals surface area contributed by atoms with Crippen molar-refractivity contribution in [3.05, 3.63) is 47.0 Å². The van der Waals surface area contributed by atoms with Gasteiger partial charge in [0.25, 0.3) is 0 Å². The molecule has 0 aliphatic carbocycles. The summed E-state index contributed by atoms with van der Waals surface area (Å²) >= 11 is 5.61. The Morgan fingerprint density at radius 3 is 2.58 bits per heavy atom. The molecule has 0 amide bonds. The lowest BCUT2D eigenvalue weighted by Crippen LogP contribution is -2.03. The Bertz CT molecular complexity index is 604. The van der Waals surface area contributed by atoms with Crippen molar-refractivity contribution in [2.24, 2.45) is 0 Å². The summed E-state index contributed by atoms with van der Waals surface area (Å²) in [5, 5.41) is 0.256. The maximum Gasteiger partial charge on any atom is 0.341 e. The minimum Gasteiger partial charge on any atom is -0.465 e. The van der Waals surface area contributed by atoms with Gasteiger partial charge < -0.3 is 9.47 Å². The van der Waals surface area contributed by atoms with Gasteiger partial charge in [0.05, 0.1) is 12.7 Å². The number of ether oxygens (including phenoxy) is 2. The Balaban J connectivity index is 2.17. The SMILES string of the molecule is COC(=O)c1cnc(Oc2ccc(Cl)cc2F)nc1. The fourth-order valence-corrected chi connectivity index (χ4v) is 1.41. The molecular formula is C12H8ClFN2O3. The second-order valence-electron chi connectivity index (χ2n) is 3.42. The normalized spacial score (nSPS) is 10.1. The van der Waals surface area contributed by atoms with Crippen molar-refractivity contribution in [2.45, 2.75) is 0 Å². The summed E-state index contributed by atoms with van der Waals surface area (Å²) in [4.78, 5) is 18.7. The van der Waals surface area contributed by atoms with Gasteiger partial charge in [-0.25, -0.2) is 19.2 Å². The van der Waals surface area contributed by atoms with Crippen molar-refractivity contribution in [1.82, 2.24) is 9.97 Å². The number of nitrogens with zero attached hydrogens (tertiary/aromatic N) is 2. The van der Waals surface area contributed by atoms with Crippen molar-refractivity contribution in [3.8, 4) is 11.8 Å². The first-order chi connectivity index (χ1) is 9.10. The molecule has 0 spiro atoms. The van der Waals surface area contributed by atoms with Crippen LogP contribution in [-0.2, 0) is 4.74 Å². The molecule has 0 fully saturated rings. The van der Waals surface area contributed by atoms with Crippen LogP contribution in [0.4, 0.5) is 4.39 Å². The molecule has 0 unspecified atom stereocenters. The first-order valence-corrected chi connectivity index (χ1v) is 5.51. The molecule has 7 heteroatoms. The van der Waals surface area contributed by atoms with Gasteiger partial charge in [-0.15, -0.1) is 0 Å². The Morgan fingerprint density at radius 2 is 2.00 bits per heavy atom. The molecular weight excluding hydrogens is 275 g/mol. The minimum atomic E-state index is -0.631. The molecule has 0 aliphatic heterocycles. The lowest BCUT2D eigenvalue weighted by molar-refractivity contribution is 0.0599. The third kappa shape index (κ3) is 3.17. The van der Waals surface area contributed by atoms with Crippen molar-refractivity contribution in [3.63, 3.8) is 0 Å². The zero-order valence-corrected chi connectivity index (χ0v) is 10.5. The lowest BCUT2D eigenvalue weighted by Gasteiger charge is -2.05. The van der Waals surface area contributed by atoms with Gasteiger partial charge in [0.2, 0.25) is 0 Å². The number of methoxy groups -OCH3 is 1. The fraction of sp³-hybridized carbons (Fsp3) is 0.0833. The first kappa shape index (κ1) is 13.2. The van der Waals surface area contributed by atoms with Crippen molar-refractivity contribution < 1.29 is 18.7 Å². The number of hydrogen-bond donors (Lipinski definition) is 0. The average molecular weight is 283 g/mol. The van der Waals surface area contributed by atoms with Crippen LogP contribution in [-0.4, -0.2) is 23.0 Å². The molecule has 2 aromatic rings. The van der Waals surface area contributed by atoms with E-state index in [0.717, 1.165) is 6.07 Å². The lowest BCUT2D eigenvalue weighted by atomic mass is 10.3. The molecule has 0 atom stereocenters. The third-order valence-corrected chi connectivity index (χ3v) is 2.38. The average Bonchev–Trinajstić information content (AvgIpc) is 2.42. The Morgan fingerprint density at radius 1 is 1.32 bits per heavy atom. The van der Waals surface area contributed by atoms with Crippen LogP contribution in [0.3, 0.4) is 0 Å². The molecule has 1 aromatic carbocycles. The Hall–Kier alpha value is -2.21. The molecule has 0 saturated carbocycles. The second-order valence-corrected chi connectivity index (χ2v) is 3.86. The molecule has 0 aliphatic rings. The predicted molar refractivity (Wildman–Crippen MR) is 64.9 cm³/mol. The predicted octanol–water partition coefficient (Wildman–Crippen LogP) is 2.85. The van der Waals surface area contributed by atoms with Gasteiger partial charge in [0, 0.05) is 17.4 Å². The monoisotopic (exact) mass is 282 g/mol. The Kier molecular flexibility index (Phi) is 3.91. The van der Waals surface area contributed by atoms with Gasteiger partial charge in [-0.3, -0.25) is 0 Å². The van der Waals surface area contributed by atoms with E-state index in [-0.39, 0.29) is 22.3 Å². The summed E-state index contributed by atoms with van der Waals surface area (Å²) in [5.74, 6) is -1.26. The van der Waals surface area contributed by atoms with E-state index in [0.29, 0.717) is 0 Å². The summed E-state index contributed by atoms with van der Waals surface area (Å²) in [6, 6.07) is 3.85. The van der Waals surface area contributed by atoms with Gasteiger partial charge in [-0.1, -0.05) is 11.6 Å². The quantitative estimate of drug-likeness (QED) is 0.810. The summed E-state index contributed by atoms with van der Waals surface area (Å²) < 4.78 is 23.1. The molecule has 98 valence electrons. The summed E-state index contributed by atoms with van der Waals surface area (Å²) in [6.07, 6.45) is 2.45. The van der Waals surface area contributed by atoms with Crippen LogP contribution in [0.25, 0.3) is 0 Å². The number of carbonyl (C=O) groups excluding carboxylic acids is 1. The molecule has 0 saturated heterocycles. The number of halogens is 2. The van der Waals surface area contributed by atoms with Crippen LogP contribution in [0, 0.1) is 5.82 Å². The van der Waals surface area contributed by atoms with Crippen LogP contribution in [0.15, 0.2) is 30.6 Å². The second kappa shape index (κ2) is 5.62. The number of rotatable bonds is 3. The van der Waals surface area contributed by atoms with Crippen LogP contribution < -0.4 is 4.74 Å². The van der Waals surface area contributed by atoms with Crippen LogP contribution >= 0.6 is 11.6 Å². The third-order valence-electron chi connectivity index (χ3n) is 2.14. The van der Waals surface area contributed by atoms with Crippen molar-refractivity contribution >= 4 is 17.6 Å². The molecule has 19 heavy (non-hydrogen) atoms. The number of carbonyl (C=O) groups is 1. The molecule has 0 bridgehead atoms. The molecule has 5 nitrogen and oxygen atoms in total. The number of aromatic nitrogens is 2. The van der Waals surface area contributed by atoms with Crippen molar-refractivity contribution in [1.29, 1.82) is 0 Å². The van der Waals surface area contributed by atoms with E-state index in [1.54, 1.807) is 0 Å². The molecule has 1 aromatic heterocycles. The topological polar surface area (TPSA) is 61.3 Å².